The molecular formula is C23H31N5O. The van der Waals surface area contributed by atoms with Gasteiger partial charge in [-0.25, -0.2) is 9.97 Å². The fourth-order valence-electron chi connectivity index (χ4n) is 4.40. The van der Waals surface area contributed by atoms with Crippen LogP contribution in [0.1, 0.15) is 53.7 Å². The molecule has 1 amide bonds. The van der Waals surface area contributed by atoms with E-state index in [-0.39, 0.29) is 5.91 Å². The SMILES string of the molecule is Cc1cccc(N2CCN(C(=O)c3cc(NC4CCCCC4)ncn3)CC2)c1C. The molecule has 1 N–H and O–H groups in total. The second kappa shape index (κ2) is 8.80. The lowest BCUT2D eigenvalue weighted by Gasteiger charge is -2.37. The van der Waals surface area contributed by atoms with Crippen molar-refractivity contribution in [2.75, 3.05) is 36.4 Å². The number of amides is 1. The number of hydrogen-bond donors (Lipinski definition) is 1. The molecule has 29 heavy (non-hydrogen) atoms. The molecule has 1 aliphatic carbocycles. The van der Waals surface area contributed by atoms with E-state index in [4.69, 9.17) is 0 Å². The summed E-state index contributed by atoms with van der Waals surface area (Å²) < 4.78 is 0. The first-order valence-corrected chi connectivity index (χ1v) is 10.8. The van der Waals surface area contributed by atoms with Gasteiger partial charge in [-0.1, -0.05) is 31.4 Å². The molecule has 0 spiro atoms. The summed E-state index contributed by atoms with van der Waals surface area (Å²) in [6, 6.07) is 8.70. The Labute approximate surface area is 173 Å². The lowest BCUT2D eigenvalue weighted by molar-refractivity contribution is 0.0740. The first kappa shape index (κ1) is 19.7. The van der Waals surface area contributed by atoms with Gasteiger partial charge in [0, 0.05) is 44.0 Å². The first-order chi connectivity index (χ1) is 14.1. The number of carbonyl (C=O) groups excluding carboxylic acids is 1. The molecule has 1 aromatic carbocycles. The number of aryl methyl sites for hydroxylation is 1. The molecule has 6 nitrogen and oxygen atoms in total. The van der Waals surface area contributed by atoms with Crippen LogP contribution in [0, 0.1) is 13.8 Å². The van der Waals surface area contributed by atoms with Crippen LogP contribution in [-0.2, 0) is 0 Å². The molecule has 2 fully saturated rings. The highest BCUT2D eigenvalue weighted by Gasteiger charge is 2.24. The van der Waals surface area contributed by atoms with Crippen LogP contribution in [0.15, 0.2) is 30.6 Å². The number of rotatable bonds is 4. The highest BCUT2D eigenvalue weighted by molar-refractivity contribution is 5.93. The third-order valence-corrected chi connectivity index (χ3v) is 6.33. The summed E-state index contributed by atoms with van der Waals surface area (Å²) in [6.45, 7) is 7.42. The maximum atomic E-state index is 13.0. The molecule has 6 heteroatoms. The van der Waals surface area contributed by atoms with Crippen LogP contribution in [0.3, 0.4) is 0 Å². The number of nitrogens with one attached hydrogen (secondary N) is 1. The lowest BCUT2D eigenvalue weighted by Crippen LogP contribution is -2.49. The summed E-state index contributed by atoms with van der Waals surface area (Å²) in [7, 11) is 0. The molecule has 1 saturated carbocycles. The highest BCUT2D eigenvalue weighted by Crippen LogP contribution is 2.24. The normalized spacial score (nSPS) is 18.0. The standard InChI is InChI=1S/C23H31N5O/c1-17-7-6-10-21(18(17)2)27-11-13-28(14-12-27)23(29)20-15-22(25-16-24-20)26-19-8-4-3-5-9-19/h6-7,10,15-16,19H,3-5,8-9,11-14H2,1-2H3,(H,24,25,26). The highest BCUT2D eigenvalue weighted by atomic mass is 16.2. The molecule has 0 atom stereocenters. The maximum Gasteiger partial charge on any atom is 0.272 e. The summed E-state index contributed by atoms with van der Waals surface area (Å²) in [4.78, 5) is 25.9. The Morgan fingerprint density at radius 3 is 2.55 bits per heavy atom. The summed E-state index contributed by atoms with van der Waals surface area (Å²) in [5.74, 6) is 0.768. The number of aromatic nitrogens is 2. The molecule has 2 aromatic rings. The zero-order valence-corrected chi connectivity index (χ0v) is 17.5. The molecule has 154 valence electrons. The molecule has 1 saturated heterocycles. The largest absolute Gasteiger partial charge is 0.368 e. The Morgan fingerprint density at radius 2 is 1.79 bits per heavy atom. The van der Waals surface area contributed by atoms with Crippen LogP contribution in [0.2, 0.25) is 0 Å². The predicted molar refractivity (Wildman–Crippen MR) is 117 cm³/mol. The molecule has 0 bridgehead atoms. The van der Waals surface area contributed by atoms with E-state index in [1.54, 1.807) is 0 Å². The number of piperazine rings is 1. The molecule has 2 aliphatic rings. The third kappa shape index (κ3) is 4.52. The van der Waals surface area contributed by atoms with E-state index in [1.807, 2.05) is 11.0 Å². The fraction of sp³-hybridized carbons (Fsp3) is 0.522. The van der Waals surface area contributed by atoms with Gasteiger partial charge in [0.25, 0.3) is 5.91 Å². The molecule has 4 rings (SSSR count). The first-order valence-electron chi connectivity index (χ1n) is 10.8. The van der Waals surface area contributed by atoms with Gasteiger partial charge in [-0.05, 0) is 43.9 Å². The molecule has 0 unspecified atom stereocenters. The van der Waals surface area contributed by atoms with Crippen LogP contribution in [-0.4, -0.2) is 53.0 Å². The van der Waals surface area contributed by atoms with Gasteiger partial charge >= 0.3 is 0 Å². The van der Waals surface area contributed by atoms with Gasteiger partial charge in [0.05, 0.1) is 0 Å². The zero-order chi connectivity index (χ0) is 20.2. The Kier molecular flexibility index (Phi) is 5.97. The van der Waals surface area contributed by atoms with E-state index in [0.717, 1.165) is 18.9 Å². The van der Waals surface area contributed by atoms with Crippen molar-refractivity contribution in [3.63, 3.8) is 0 Å². The van der Waals surface area contributed by atoms with Gasteiger partial charge in [0.15, 0.2) is 0 Å². The van der Waals surface area contributed by atoms with Crippen molar-refractivity contribution in [3.8, 4) is 0 Å². The molecule has 2 heterocycles. The summed E-state index contributed by atoms with van der Waals surface area (Å²) in [5.41, 5.74) is 4.39. The van der Waals surface area contributed by atoms with E-state index < -0.39 is 0 Å². The minimum atomic E-state index is -0.000270. The minimum absolute atomic E-state index is 0.000270. The molecule has 1 aromatic heterocycles. The van der Waals surface area contributed by atoms with Gasteiger partial charge in [-0.3, -0.25) is 4.79 Å². The summed E-state index contributed by atoms with van der Waals surface area (Å²) in [6.07, 6.45) is 7.70. The monoisotopic (exact) mass is 393 g/mol. The van der Waals surface area contributed by atoms with Crippen molar-refractivity contribution >= 4 is 17.4 Å². The van der Waals surface area contributed by atoms with Crippen LogP contribution in [0.25, 0.3) is 0 Å². The van der Waals surface area contributed by atoms with Crippen LogP contribution in [0.5, 0.6) is 0 Å². The average Bonchev–Trinajstić information content (AvgIpc) is 2.76. The Balaban J connectivity index is 1.38. The smallest absolute Gasteiger partial charge is 0.272 e. The molecule has 0 radical (unpaired) electrons. The van der Waals surface area contributed by atoms with Gasteiger partial charge < -0.3 is 15.1 Å². The van der Waals surface area contributed by atoms with Crippen molar-refractivity contribution < 1.29 is 4.79 Å². The van der Waals surface area contributed by atoms with Gasteiger partial charge in [-0.15, -0.1) is 0 Å². The van der Waals surface area contributed by atoms with Crippen LogP contribution < -0.4 is 10.2 Å². The summed E-state index contributed by atoms with van der Waals surface area (Å²) in [5, 5.41) is 3.49. The van der Waals surface area contributed by atoms with Crippen molar-refractivity contribution in [2.24, 2.45) is 0 Å². The van der Waals surface area contributed by atoms with E-state index in [1.165, 1.54) is 55.2 Å². The topological polar surface area (TPSA) is 61.4 Å². The summed E-state index contributed by atoms with van der Waals surface area (Å²) >= 11 is 0. The molecule has 1 aliphatic heterocycles. The zero-order valence-electron chi connectivity index (χ0n) is 17.5. The number of anilines is 2. The number of benzene rings is 1. The van der Waals surface area contributed by atoms with Crippen LogP contribution in [0.4, 0.5) is 11.5 Å². The van der Waals surface area contributed by atoms with Crippen molar-refractivity contribution in [1.82, 2.24) is 14.9 Å². The Bertz CT molecular complexity index is 854. The van der Waals surface area contributed by atoms with Gasteiger partial charge in [0.1, 0.15) is 17.8 Å². The van der Waals surface area contributed by atoms with Crippen LogP contribution >= 0.6 is 0 Å². The Hall–Kier alpha value is -2.63. The van der Waals surface area contributed by atoms with E-state index in [9.17, 15) is 4.79 Å². The second-order valence-corrected chi connectivity index (χ2v) is 8.27. The van der Waals surface area contributed by atoms with Gasteiger partial charge in [-0.2, -0.15) is 0 Å². The lowest BCUT2D eigenvalue weighted by atomic mass is 9.95. The average molecular weight is 394 g/mol. The van der Waals surface area contributed by atoms with Crippen molar-refractivity contribution in [3.05, 3.63) is 47.4 Å². The van der Waals surface area contributed by atoms with E-state index >= 15 is 0 Å². The molecular weight excluding hydrogens is 362 g/mol. The number of nitrogens with zero attached hydrogens (tertiary/aromatic N) is 4. The van der Waals surface area contributed by atoms with E-state index in [2.05, 4.69) is 52.2 Å². The fourth-order valence-corrected chi connectivity index (χ4v) is 4.40. The third-order valence-electron chi connectivity index (χ3n) is 6.33. The van der Waals surface area contributed by atoms with Crippen molar-refractivity contribution in [1.29, 1.82) is 0 Å². The second-order valence-electron chi connectivity index (χ2n) is 8.27. The quantitative estimate of drug-likeness (QED) is 0.856. The minimum Gasteiger partial charge on any atom is -0.368 e. The predicted octanol–water partition coefficient (Wildman–Crippen LogP) is 3.80. The number of hydrogen-bond acceptors (Lipinski definition) is 5. The maximum absolute atomic E-state index is 13.0. The Morgan fingerprint density at radius 1 is 1.03 bits per heavy atom. The van der Waals surface area contributed by atoms with E-state index in [0.29, 0.717) is 24.8 Å². The van der Waals surface area contributed by atoms with Crippen molar-refractivity contribution in [2.45, 2.75) is 52.0 Å². The number of carbonyl (C=O) groups is 1. The van der Waals surface area contributed by atoms with Gasteiger partial charge in [0.2, 0.25) is 0 Å².